The van der Waals surface area contributed by atoms with Gasteiger partial charge in [0.25, 0.3) is 16.1 Å². The summed E-state index contributed by atoms with van der Waals surface area (Å²) in [6.45, 7) is 1.96. The van der Waals surface area contributed by atoms with Gasteiger partial charge in [0.05, 0.1) is 6.04 Å². The van der Waals surface area contributed by atoms with Gasteiger partial charge in [-0.25, -0.2) is 0 Å². The monoisotopic (exact) mass is 436 g/mol. The lowest BCUT2D eigenvalue weighted by atomic mass is 9.28. The first-order valence-corrected chi connectivity index (χ1v) is 12.6. The highest BCUT2D eigenvalue weighted by molar-refractivity contribution is 7.85. The van der Waals surface area contributed by atoms with Crippen LogP contribution in [0.15, 0.2) is 24.3 Å². The molecule has 1 aromatic carbocycles. The Bertz CT molecular complexity index is 879. The Kier molecular flexibility index (Phi) is 5.66. The lowest BCUT2D eigenvalue weighted by molar-refractivity contribution is -0.134. The van der Waals surface area contributed by atoms with E-state index in [4.69, 9.17) is 13.9 Å². The van der Waals surface area contributed by atoms with Crippen molar-refractivity contribution in [2.24, 2.45) is 0 Å². The van der Waals surface area contributed by atoms with Gasteiger partial charge in [0.2, 0.25) is 6.48 Å². The highest BCUT2D eigenvalue weighted by atomic mass is 32.2. The molecule has 1 spiro atoms. The molecule has 0 unspecified atom stereocenters. The summed E-state index contributed by atoms with van der Waals surface area (Å²) in [6, 6.07) is 6.96. The number of carbonyl (C=O) groups is 1. The van der Waals surface area contributed by atoms with E-state index in [-0.39, 0.29) is 12.0 Å². The molecule has 0 aromatic heterocycles. The normalized spacial score (nSPS) is 31.6. The van der Waals surface area contributed by atoms with Gasteiger partial charge in [-0.1, -0.05) is 50.7 Å². The first-order chi connectivity index (χ1) is 14.1. The molecule has 0 aliphatic carbocycles. The highest BCUT2D eigenvalue weighted by Crippen LogP contribution is 2.53. The second-order valence-corrected chi connectivity index (χ2v) is 11.3. The molecule has 0 amide bonds. The first-order valence-electron chi connectivity index (χ1n) is 11.0. The van der Waals surface area contributed by atoms with Crippen LogP contribution in [0.5, 0.6) is 5.75 Å². The number of hydrogen-bond donors (Lipinski definition) is 2. The third kappa shape index (κ3) is 4.53. The lowest BCUT2D eigenvalue weighted by Gasteiger charge is -2.55. The van der Waals surface area contributed by atoms with E-state index in [1.54, 1.807) is 26.0 Å². The fourth-order valence-electron chi connectivity index (χ4n) is 5.96. The number of rotatable bonds is 6. The van der Waals surface area contributed by atoms with Crippen LogP contribution in [-0.4, -0.2) is 42.8 Å². The van der Waals surface area contributed by atoms with Crippen molar-refractivity contribution in [2.45, 2.75) is 82.1 Å². The first kappa shape index (κ1) is 21.6. The molecule has 3 aliphatic heterocycles. The highest BCUT2D eigenvalue weighted by Gasteiger charge is 2.53. The molecule has 1 aromatic rings. The van der Waals surface area contributed by atoms with Gasteiger partial charge in [0.15, 0.2) is 0 Å². The van der Waals surface area contributed by atoms with Gasteiger partial charge in [0, 0.05) is 0 Å². The third-order valence-corrected chi connectivity index (χ3v) is 8.10. The van der Waals surface area contributed by atoms with Crippen LogP contribution in [0.2, 0.25) is 11.6 Å². The van der Waals surface area contributed by atoms with E-state index in [2.05, 4.69) is 5.23 Å². The van der Waals surface area contributed by atoms with Crippen molar-refractivity contribution in [1.29, 1.82) is 0 Å². The average molecular weight is 436 g/mol. The SMILES string of the molecule is CC(C)(CS(=O)(=O)O)Oc1ccc(C[C@@H]2N[B-]3(OC2=O)C2CCCC3CCC2)cc1. The second-order valence-electron chi connectivity index (χ2n) is 9.89. The van der Waals surface area contributed by atoms with Gasteiger partial charge in [-0.05, 0) is 38.0 Å². The van der Waals surface area contributed by atoms with Crippen LogP contribution in [0, 0.1) is 0 Å². The van der Waals surface area contributed by atoms with Crippen LogP contribution in [0.3, 0.4) is 0 Å². The predicted octanol–water partition coefficient (Wildman–Crippen LogP) is 3.34. The molecule has 0 saturated carbocycles. The van der Waals surface area contributed by atoms with Crippen LogP contribution in [0.1, 0.15) is 57.9 Å². The standard InChI is InChI=1S/C21H31BNO6S/c1-21(2,14-30(25,26)27)28-18-11-9-15(10-12-18)13-19-20(24)29-22(23-19)16-5-3-6-17(22)8-4-7-16/h9-12,16-17,19,23H,3-8,13-14H2,1-2H3,(H,25,26,27)/q-1/t16?,17?,19-,22?/m0/s1. The molecule has 4 rings (SSSR count). The van der Waals surface area contributed by atoms with E-state index in [1.807, 2.05) is 12.1 Å². The average Bonchev–Trinajstić information content (AvgIpc) is 2.90. The molecule has 1 atom stereocenters. The molecule has 30 heavy (non-hydrogen) atoms. The Labute approximate surface area is 178 Å². The summed E-state index contributed by atoms with van der Waals surface area (Å²) in [5.41, 5.74) is -0.0715. The van der Waals surface area contributed by atoms with E-state index in [9.17, 15) is 13.2 Å². The number of ether oxygens (including phenoxy) is 1. The third-order valence-electron chi connectivity index (χ3n) is 7.04. The largest absolute Gasteiger partial charge is 0.673 e. The van der Waals surface area contributed by atoms with Crippen molar-refractivity contribution >= 4 is 22.6 Å². The van der Waals surface area contributed by atoms with Gasteiger partial charge in [-0.15, -0.1) is 11.6 Å². The Balaban J connectivity index is 1.41. The van der Waals surface area contributed by atoms with Crippen molar-refractivity contribution in [2.75, 3.05) is 5.75 Å². The van der Waals surface area contributed by atoms with E-state index in [0.717, 1.165) is 31.2 Å². The Morgan fingerprint density at radius 1 is 1.13 bits per heavy atom. The van der Waals surface area contributed by atoms with Crippen molar-refractivity contribution < 1.29 is 27.2 Å². The topological polar surface area (TPSA) is 102 Å². The van der Waals surface area contributed by atoms with Crippen LogP contribution in [-0.2, 0) is 26.0 Å². The van der Waals surface area contributed by atoms with Gasteiger partial charge < -0.3 is 14.6 Å². The number of benzene rings is 1. The molecule has 3 saturated heterocycles. The molecule has 0 radical (unpaired) electrons. The zero-order chi connectivity index (χ0) is 21.6. The Morgan fingerprint density at radius 3 is 2.23 bits per heavy atom. The van der Waals surface area contributed by atoms with Crippen LogP contribution >= 0.6 is 0 Å². The fraction of sp³-hybridized carbons (Fsp3) is 0.667. The van der Waals surface area contributed by atoms with Gasteiger partial charge in [-0.2, -0.15) is 8.42 Å². The lowest BCUT2D eigenvalue weighted by Crippen LogP contribution is -2.60. The van der Waals surface area contributed by atoms with Crippen molar-refractivity contribution in [3.05, 3.63) is 29.8 Å². The summed E-state index contributed by atoms with van der Waals surface area (Å²) in [6.07, 6.45) is 7.61. The summed E-state index contributed by atoms with van der Waals surface area (Å²) >= 11 is 0. The quantitative estimate of drug-likeness (QED) is 0.521. The molecule has 3 aliphatic rings. The maximum atomic E-state index is 12.7. The van der Waals surface area contributed by atoms with E-state index in [0.29, 0.717) is 23.8 Å². The van der Waals surface area contributed by atoms with Gasteiger partial charge in [-0.3, -0.25) is 9.35 Å². The minimum atomic E-state index is -4.14. The molecule has 9 heteroatoms. The van der Waals surface area contributed by atoms with Crippen LogP contribution in [0.4, 0.5) is 0 Å². The van der Waals surface area contributed by atoms with Crippen LogP contribution in [0.25, 0.3) is 0 Å². The smallest absolute Gasteiger partial charge is 0.273 e. The van der Waals surface area contributed by atoms with E-state index in [1.165, 1.54) is 12.8 Å². The van der Waals surface area contributed by atoms with Crippen molar-refractivity contribution in [3.63, 3.8) is 0 Å². The summed E-state index contributed by atoms with van der Waals surface area (Å²) < 4.78 is 43.2. The van der Waals surface area contributed by atoms with Crippen molar-refractivity contribution in [1.82, 2.24) is 5.23 Å². The number of nitrogens with one attached hydrogen (secondary N) is 1. The zero-order valence-corrected chi connectivity index (χ0v) is 18.5. The number of carbonyl (C=O) groups excluding carboxylic acids is 1. The van der Waals surface area contributed by atoms with E-state index < -0.39 is 28.0 Å². The minimum Gasteiger partial charge on any atom is -0.673 e. The second kappa shape index (κ2) is 7.84. The van der Waals surface area contributed by atoms with Crippen molar-refractivity contribution in [3.8, 4) is 5.75 Å². The summed E-state index contributed by atoms with van der Waals surface area (Å²) in [7, 11) is -4.14. The number of hydrogen-bond acceptors (Lipinski definition) is 6. The van der Waals surface area contributed by atoms with Gasteiger partial charge >= 0.3 is 0 Å². The molecule has 7 nitrogen and oxygen atoms in total. The molecule has 3 heterocycles. The zero-order valence-electron chi connectivity index (χ0n) is 17.7. The van der Waals surface area contributed by atoms with Crippen LogP contribution < -0.4 is 9.96 Å². The molecule has 3 fully saturated rings. The maximum absolute atomic E-state index is 12.7. The fourth-order valence-corrected chi connectivity index (χ4v) is 6.90. The Hall–Kier alpha value is -1.58. The molecule has 2 N–H and O–H groups in total. The summed E-state index contributed by atoms with van der Waals surface area (Å²) in [5, 5.41) is 3.65. The summed E-state index contributed by atoms with van der Waals surface area (Å²) in [4.78, 5) is 12.7. The molecule has 2 bridgehead atoms. The van der Waals surface area contributed by atoms with Gasteiger partial charge in [0.1, 0.15) is 17.1 Å². The predicted molar refractivity (Wildman–Crippen MR) is 115 cm³/mol. The maximum Gasteiger partial charge on any atom is 0.273 e. The Morgan fingerprint density at radius 2 is 1.70 bits per heavy atom. The molecular formula is C21H31BNO6S-. The van der Waals surface area contributed by atoms with E-state index >= 15 is 0 Å². The minimum absolute atomic E-state index is 0.136. The summed E-state index contributed by atoms with van der Waals surface area (Å²) in [5.74, 6) is 0.839. The molecule has 166 valence electrons. The molecular weight excluding hydrogens is 405 g/mol.